The molecule has 22 heavy (non-hydrogen) atoms. The first-order valence-electron chi connectivity index (χ1n) is 7.24. The summed E-state index contributed by atoms with van der Waals surface area (Å²) in [5.41, 5.74) is 0. The first-order chi connectivity index (χ1) is 10.5. The highest BCUT2D eigenvalue weighted by Crippen LogP contribution is 2.17. The molecule has 0 unspecified atom stereocenters. The van der Waals surface area contributed by atoms with Crippen molar-refractivity contribution in [2.24, 2.45) is 0 Å². The maximum Gasteiger partial charge on any atom is 0.274 e. The lowest BCUT2D eigenvalue weighted by molar-refractivity contribution is -0.367. The van der Waals surface area contributed by atoms with E-state index in [1.54, 1.807) is 23.6 Å². The van der Waals surface area contributed by atoms with Gasteiger partial charge in [-0.25, -0.2) is 13.4 Å². The Hall–Kier alpha value is -1.44. The van der Waals surface area contributed by atoms with Crippen molar-refractivity contribution in [1.82, 2.24) is 4.31 Å². The van der Waals surface area contributed by atoms with Gasteiger partial charge in [0.05, 0.1) is 7.05 Å². The number of nitrogens with one attached hydrogen (secondary N) is 1. The number of rotatable bonds is 7. The fourth-order valence-electron chi connectivity index (χ4n) is 2.23. The largest absolute Gasteiger partial charge is 0.274 e. The predicted molar refractivity (Wildman–Crippen MR) is 89.5 cm³/mol. The van der Waals surface area contributed by atoms with E-state index in [-0.39, 0.29) is 0 Å². The summed E-state index contributed by atoms with van der Waals surface area (Å²) in [6.45, 7) is 5.41. The minimum absolute atomic E-state index is 0.296. The number of pyridine rings is 1. The Labute approximate surface area is 136 Å². The zero-order valence-corrected chi connectivity index (χ0v) is 14.7. The molecule has 0 fully saturated rings. The Morgan fingerprint density at radius 3 is 2.41 bits per heavy atom. The van der Waals surface area contributed by atoms with Crippen LogP contribution in [0.1, 0.15) is 18.7 Å². The minimum atomic E-state index is -3.41. The van der Waals surface area contributed by atoms with Crippen molar-refractivity contribution < 1.29 is 13.4 Å². The van der Waals surface area contributed by atoms with Gasteiger partial charge in [-0.15, -0.1) is 11.3 Å². The van der Waals surface area contributed by atoms with Crippen LogP contribution in [-0.2, 0) is 16.6 Å². The van der Waals surface area contributed by atoms with Crippen LogP contribution in [0.2, 0.25) is 0 Å². The van der Waals surface area contributed by atoms with E-state index in [1.165, 1.54) is 9.18 Å². The summed E-state index contributed by atoms with van der Waals surface area (Å²) in [5.74, 6) is 0.881. The van der Waals surface area contributed by atoms with E-state index in [1.807, 2.05) is 38.4 Å². The molecule has 0 saturated heterocycles. The van der Waals surface area contributed by atoms with Gasteiger partial charge in [-0.2, -0.15) is 4.31 Å². The molecule has 120 valence electrons. The molecule has 0 aromatic carbocycles. The molecule has 5 nitrogen and oxygen atoms in total. The summed E-state index contributed by atoms with van der Waals surface area (Å²) in [7, 11) is -1.43. The molecule has 2 aromatic heterocycles. The molecule has 0 spiro atoms. The molecule has 0 amide bonds. The molecule has 2 heterocycles. The second-order valence-corrected chi connectivity index (χ2v) is 7.90. The van der Waals surface area contributed by atoms with Crippen LogP contribution in [0.5, 0.6) is 0 Å². The summed E-state index contributed by atoms with van der Waals surface area (Å²) in [5, 5.41) is 2.05. The Kier molecular flexibility index (Phi) is 5.55. The SMILES string of the molecule is CCN(CC)S(=O)(=O)c1ccc(N(C)Cc2cccs2)[nH+]c1. The molecule has 0 atom stereocenters. The van der Waals surface area contributed by atoms with Gasteiger partial charge >= 0.3 is 0 Å². The van der Waals surface area contributed by atoms with Crippen LogP contribution in [-0.4, -0.2) is 32.9 Å². The van der Waals surface area contributed by atoms with Crippen LogP contribution in [0.3, 0.4) is 0 Å². The number of hydrogen-bond acceptors (Lipinski definition) is 4. The lowest BCUT2D eigenvalue weighted by Crippen LogP contribution is -2.32. The van der Waals surface area contributed by atoms with Crippen LogP contribution in [0, 0.1) is 0 Å². The van der Waals surface area contributed by atoms with Crippen LogP contribution in [0.25, 0.3) is 0 Å². The van der Waals surface area contributed by atoms with Crippen LogP contribution in [0.15, 0.2) is 40.7 Å². The number of hydrogen-bond donors (Lipinski definition) is 0. The molecular weight excluding hydrogens is 318 g/mol. The lowest BCUT2D eigenvalue weighted by Gasteiger charge is -2.18. The zero-order valence-electron chi connectivity index (χ0n) is 13.1. The third-order valence-electron chi connectivity index (χ3n) is 3.50. The number of sulfonamides is 1. The zero-order chi connectivity index (χ0) is 16.2. The van der Waals surface area contributed by atoms with Gasteiger partial charge in [-0.3, -0.25) is 4.90 Å². The first kappa shape index (κ1) is 16.9. The lowest BCUT2D eigenvalue weighted by atomic mass is 10.4. The van der Waals surface area contributed by atoms with Gasteiger partial charge < -0.3 is 0 Å². The van der Waals surface area contributed by atoms with Crippen molar-refractivity contribution >= 4 is 27.2 Å². The van der Waals surface area contributed by atoms with E-state index in [9.17, 15) is 8.42 Å². The van der Waals surface area contributed by atoms with Gasteiger partial charge in [-0.05, 0) is 17.5 Å². The van der Waals surface area contributed by atoms with Crippen LogP contribution < -0.4 is 9.88 Å². The number of aromatic nitrogens is 1. The van der Waals surface area contributed by atoms with Crippen LogP contribution in [0.4, 0.5) is 5.82 Å². The summed E-state index contributed by atoms with van der Waals surface area (Å²) in [4.78, 5) is 6.69. The van der Waals surface area contributed by atoms with Crippen LogP contribution >= 0.6 is 11.3 Å². The van der Waals surface area contributed by atoms with E-state index in [2.05, 4.69) is 16.0 Å². The van der Waals surface area contributed by atoms with E-state index in [0.717, 1.165) is 12.4 Å². The second kappa shape index (κ2) is 7.21. The molecule has 0 aliphatic carbocycles. The third-order valence-corrected chi connectivity index (χ3v) is 6.40. The Morgan fingerprint density at radius 1 is 1.18 bits per heavy atom. The minimum Gasteiger partial charge on any atom is -0.259 e. The van der Waals surface area contributed by atoms with Gasteiger partial charge in [0.1, 0.15) is 17.6 Å². The van der Waals surface area contributed by atoms with Crippen molar-refractivity contribution in [3.8, 4) is 0 Å². The highest BCUT2D eigenvalue weighted by molar-refractivity contribution is 7.89. The standard InChI is InChI=1S/C15H21N3O2S2/c1-4-18(5-2)22(19,20)14-8-9-15(16-11-14)17(3)12-13-7-6-10-21-13/h6-11H,4-5,12H2,1-3H3/p+1. The summed E-state index contributed by atoms with van der Waals surface area (Å²) >= 11 is 1.71. The fourth-order valence-corrected chi connectivity index (χ4v) is 4.42. The van der Waals surface area contributed by atoms with Crippen molar-refractivity contribution in [2.45, 2.75) is 25.3 Å². The maximum absolute atomic E-state index is 12.4. The highest BCUT2D eigenvalue weighted by Gasteiger charge is 2.23. The summed E-state index contributed by atoms with van der Waals surface area (Å²) in [6.07, 6.45) is 1.56. The molecule has 0 radical (unpaired) electrons. The molecule has 0 aliphatic rings. The van der Waals surface area contributed by atoms with E-state index in [0.29, 0.717) is 18.0 Å². The molecule has 0 aliphatic heterocycles. The van der Waals surface area contributed by atoms with Crippen molar-refractivity contribution in [3.05, 3.63) is 40.7 Å². The summed E-state index contributed by atoms with van der Waals surface area (Å²) < 4.78 is 26.3. The normalized spacial score (nSPS) is 11.8. The van der Waals surface area contributed by atoms with Crippen molar-refractivity contribution in [2.75, 3.05) is 25.0 Å². The monoisotopic (exact) mass is 340 g/mol. The van der Waals surface area contributed by atoms with E-state index < -0.39 is 10.0 Å². The number of H-pyrrole nitrogens is 1. The molecule has 7 heteroatoms. The fraction of sp³-hybridized carbons (Fsp3) is 0.400. The Bertz CT molecular complexity index is 678. The maximum atomic E-state index is 12.4. The predicted octanol–water partition coefficient (Wildman–Crippen LogP) is 2.23. The van der Waals surface area contributed by atoms with Gasteiger partial charge in [0.2, 0.25) is 10.0 Å². The first-order valence-corrected chi connectivity index (χ1v) is 9.56. The summed E-state index contributed by atoms with van der Waals surface area (Å²) in [6, 6.07) is 7.58. The number of aromatic amines is 1. The second-order valence-electron chi connectivity index (χ2n) is 4.93. The smallest absolute Gasteiger partial charge is 0.259 e. The van der Waals surface area contributed by atoms with E-state index in [4.69, 9.17) is 0 Å². The van der Waals surface area contributed by atoms with Gasteiger partial charge in [0.15, 0.2) is 0 Å². The number of thiophene rings is 1. The molecule has 0 bridgehead atoms. The van der Waals surface area contributed by atoms with Crippen molar-refractivity contribution in [3.63, 3.8) is 0 Å². The quantitative estimate of drug-likeness (QED) is 0.777. The average Bonchev–Trinajstić information content (AvgIpc) is 3.01. The molecule has 2 rings (SSSR count). The topological polar surface area (TPSA) is 54.8 Å². The molecule has 2 aromatic rings. The van der Waals surface area contributed by atoms with Gasteiger partial charge in [0, 0.05) is 24.0 Å². The number of nitrogens with zero attached hydrogens (tertiary/aromatic N) is 2. The molecule has 1 N–H and O–H groups in total. The number of anilines is 1. The van der Waals surface area contributed by atoms with Gasteiger partial charge in [-0.1, -0.05) is 19.9 Å². The third kappa shape index (κ3) is 3.66. The highest BCUT2D eigenvalue weighted by atomic mass is 32.2. The van der Waals surface area contributed by atoms with Gasteiger partial charge in [0.25, 0.3) is 5.82 Å². The van der Waals surface area contributed by atoms with E-state index >= 15 is 0 Å². The molecular formula is C15H22N3O2S2+. The Morgan fingerprint density at radius 2 is 1.91 bits per heavy atom. The average molecular weight is 340 g/mol. The molecule has 0 saturated carbocycles. The van der Waals surface area contributed by atoms with Crippen molar-refractivity contribution in [1.29, 1.82) is 0 Å². The Balaban J connectivity index is 2.16.